The van der Waals surface area contributed by atoms with Crippen LogP contribution in [-0.2, 0) is 13.5 Å². The topological polar surface area (TPSA) is 114 Å². The third kappa shape index (κ3) is 4.27. The highest BCUT2D eigenvalue weighted by Gasteiger charge is 2.17. The number of nitrogens with two attached hydrogens (primary N) is 1. The Morgan fingerprint density at radius 2 is 1.77 bits per heavy atom. The Morgan fingerprint density at radius 1 is 1.00 bits per heavy atom. The van der Waals surface area contributed by atoms with Crippen LogP contribution < -0.4 is 11.1 Å². The van der Waals surface area contributed by atoms with E-state index in [9.17, 15) is 9.59 Å². The van der Waals surface area contributed by atoms with Gasteiger partial charge < -0.3 is 15.6 Å². The number of anilines is 1. The summed E-state index contributed by atoms with van der Waals surface area (Å²) in [5.74, 6) is -0.255. The van der Waals surface area contributed by atoms with Gasteiger partial charge in [-0.05, 0) is 29.8 Å². The minimum absolute atomic E-state index is 0.00320. The number of aromatic nitrogens is 2. The van der Waals surface area contributed by atoms with Crippen LogP contribution in [-0.4, -0.2) is 27.1 Å². The number of pyridine rings is 1. The summed E-state index contributed by atoms with van der Waals surface area (Å²) >= 11 is 0. The van der Waals surface area contributed by atoms with Crippen LogP contribution >= 0.6 is 0 Å². The molecule has 0 fully saturated rings. The van der Waals surface area contributed by atoms with Gasteiger partial charge in [0.25, 0.3) is 5.91 Å². The number of aryl methyl sites for hydroxylation is 1. The molecule has 2 heterocycles. The minimum atomic E-state index is -0.242. The Hall–Kier alpha value is -4.78. The van der Waals surface area contributed by atoms with Crippen LogP contribution in [0.15, 0.2) is 85.2 Å². The predicted octanol–water partition coefficient (Wildman–Crippen LogP) is 4.69. The van der Waals surface area contributed by atoms with Crippen LogP contribution in [0.5, 0.6) is 0 Å². The monoisotopic (exact) mass is 461 g/mol. The van der Waals surface area contributed by atoms with E-state index in [4.69, 9.17) is 11.1 Å². The van der Waals surface area contributed by atoms with Gasteiger partial charge in [0.05, 0.1) is 16.6 Å². The lowest BCUT2D eigenvalue weighted by molar-refractivity contribution is 0.0992. The van der Waals surface area contributed by atoms with E-state index in [0.717, 1.165) is 21.9 Å². The normalized spacial score (nSPS) is 11.0. The molecule has 35 heavy (non-hydrogen) atoms. The maximum Gasteiger partial charge on any atom is 0.257 e. The lowest BCUT2D eigenvalue weighted by Gasteiger charge is -2.08. The quantitative estimate of drug-likeness (QED) is 0.193. The molecule has 0 saturated heterocycles. The third-order valence-corrected chi connectivity index (χ3v) is 6.06. The van der Waals surface area contributed by atoms with Crippen molar-refractivity contribution in [3.8, 4) is 0 Å². The van der Waals surface area contributed by atoms with E-state index in [1.54, 1.807) is 30.5 Å². The van der Waals surface area contributed by atoms with Gasteiger partial charge in [-0.25, -0.2) is 0 Å². The Bertz CT molecular complexity index is 1610. The number of hydrogen-bond acceptors (Lipinski definition) is 4. The molecule has 3 aromatic carbocycles. The van der Waals surface area contributed by atoms with Crippen molar-refractivity contribution in [3.63, 3.8) is 0 Å². The number of nitrogens with zero attached hydrogens (tertiary/aromatic N) is 2. The van der Waals surface area contributed by atoms with Gasteiger partial charge in [0.15, 0.2) is 5.78 Å². The molecule has 0 bridgehead atoms. The Labute approximate surface area is 201 Å². The van der Waals surface area contributed by atoms with E-state index in [2.05, 4.69) is 10.3 Å². The molecule has 0 unspecified atom stereocenters. The Kier molecular flexibility index (Phi) is 5.58. The number of hydrogen-bond donors (Lipinski definition) is 3. The molecule has 5 aromatic rings. The second kappa shape index (κ2) is 8.87. The zero-order valence-electron chi connectivity index (χ0n) is 19.1. The first-order valence-electron chi connectivity index (χ1n) is 11.1. The molecule has 0 aliphatic carbocycles. The van der Waals surface area contributed by atoms with Crippen molar-refractivity contribution in [2.24, 2.45) is 12.8 Å². The molecule has 172 valence electrons. The maximum absolute atomic E-state index is 13.1. The molecule has 0 atom stereocenters. The Balaban J connectivity index is 1.39. The standard InChI is InChI=1S/C28H23N5O2/c1-33-16-23(25(34)14-17-7-9-19(10-8-17)27(29)30)21-12-11-20(15-24(21)33)32-28(35)22-6-2-4-18-5-3-13-31-26(18)22/h2-13,15-16H,14H2,1H3,(H3,29,30)(H,32,35). The van der Waals surface area contributed by atoms with E-state index in [1.807, 2.05) is 66.3 Å². The number of fused-ring (bicyclic) bond motifs is 2. The van der Waals surface area contributed by atoms with Crippen LogP contribution in [0.3, 0.4) is 0 Å². The molecule has 0 aliphatic heterocycles. The van der Waals surface area contributed by atoms with Crippen molar-refractivity contribution in [2.75, 3.05) is 5.32 Å². The highest BCUT2D eigenvalue weighted by molar-refractivity contribution is 6.13. The predicted molar refractivity (Wildman–Crippen MR) is 138 cm³/mol. The average molecular weight is 462 g/mol. The molecular weight excluding hydrogens is 438 g/mol. The zero-order valence-corrected chi connectivity index (χ0v) is 19.1. The number of carbonyl (C=O) groups excluding carboxylic acids is 2. The summed E-state index contributed by atoms with van der Waals surface area (Å²) in [6.45, 7) is 0. The molecule has 0 aliphatic rings. The van der Waals surface area contributed by atoms with E-state index in [1.165, 1.54) is 0 Å². The van der Waals surface area contributed by atoms with Crippen molar-refractivity contribution < 1.29 is 9.59 Å². The molecule has 0 spiro atoms. The van der Waals surface area contributed by atoms with Gasteiger partial charge in [-0.15, -0.1) is 0 Å². The SMILES string of the molecule is Cn1cc(C(=O)Cc2ccc(C(=N)N)cc2)c2ccc(NC(=O)c3cccc4cccnc34)cc21. The second-order valence-electron chi connectivity index (χ2n) is 8.43. The Morgan fingerprint density at radius 3 is 2.54 bits per heavy atom. The van der Waals surface area contributed by atoms with Gasteiger partial charge in [-0.1, -0.05) is 48.5 Å². The van der Waals surface area contributed by atoms with Gasteiger partial charge in [0.2, 0.25) is 0 Å². The molecule has 4 N–H and O–H groups in total. The van der Waals surface area contributed by atoms with Gasteiger partial charge in [-0.2, -0.15) is 0 Å². The average Bonchev–Trinajstić information content (AvgIpc) is 3.20. The maximum atomic E-state index is 13.1. The van der Waals surface area contributed by atoms with E-state index in [-0.39, 0.29) is 23.9 Å². The van der Waals surface area contributed by atoms with Gasteiger partial charge in [0, 0.05) is 53.4 Å². The summed E-state index contributed by atoms with van der Waals surface area (Å²) in [4.78, 5) is 30.4. The number of carbonyl (C=O) groups is 2. The molecule has 1 amide bonds. The summed E-state index contributed by atoms with van der Waals surface area (Å²) in [6, 6.07) is 21.9. The highest BCUT2D eigenvalue weighted by atomic mass is 16.1. The number of ketones is 1. The van der Waals surface area contributed by atoms with Crippen LogP contribution in [0.25, 0.3) is 21.8 Å². The number of para-hydroxylation sites is 1. The number of amidine groups is 1. The largest absolute Gasteiger partial charge is 0.384 e. The second-order valence-corrected chi connectivity index (χ2v) is 8.43. The number of nitrogen functional groups attached to an aromatic ring is 1. The van der Waals surface area contributed by atoms with Crippen LogP contribution in [0.4, 0.5) is 5.69 Å². The van der Waals surface area contributed by atoms with Crippen LogP contribution in [0, 0.1) is 5.41 Å². The molecule has 5 rings (SSSR count). The number of Topliss-reactive ketones (excluding diaryl/α,β-unsaturated/α-hetero) is 1. The fraction of sp³-hybridized carbons (Fsp3) is 0.0714. The smallest absolute Gasteiger partial charge is 0.257 e. The van der Waals surface area contributed by atoms with Crippen molar-refractivity contribution in [2.45, 2.75) is 6.42 Å². The minimum Gasteiger partial charge on any atom is -0.384 e. The van der Waals surface area contributed by atoms with E-state index in [0.29, 0.717) is 27.9 Å². The first kappa shape index (κ1) is 22.0. The molecule has 0 radical (unpaired) electrons. The first-order valence-corrected chi connectivity index (χ1v) is 11.1. The summed E-state index contributed by atoms with van der Waals surface area (Å²) in [6.07, 6.45) is 3.73. The number of rotatable bonds is 6. The molecule has 7 heteroatoms. The molecule has 0 saturated carbocycles. The van der Waals surface area contributed by atoms with Crippen molar-refractivity contribution in [3.05, 3.63) is 107 Å². The summed E-state index contributed by atoms with van der Waals surface area (Å²) in [7, 11) is 1.88. The fourth-order valence-electron chi connectivity index (χ4n) is 4.25. The van der Waals surface area contributed by atoms with E-state index >= 15 is 0 Å². The molecule has 2 aromatic heterocycles. The summed E-state index contributed by atoms with van der Waals surface area (Å²) in [5, 5.41) is 12.2. The lowest BCUT2D eigenvalue weighted by atomic mass is 10.0. The van der Waals surface area contributed by atoms with Crippen LogP contribution in [0.2, 0.25) is 0 Å². The summed E-state index contributed by atoms with van der Waals surface area (Å²) < 4.78 is 1.89. The summed E-state index contributed by atoms with van der Waals surface area (Å²) in [5.41, 5.74) is 10.2. The number of nitrogens with one attached hydrogen (secondary N) is 2. The van der Waals surface area contributed by atoms with Crippen molar-refractivity contribution in [1.82, 2.24) is 9.55 Å². The number of benzene rings is 3. The fourth-order valence-corrected chi connectivity index (χ4v) is 4.25. The third-order valence-electron chi connectivity index (χ3n) is 6.06. The first-order chi connectivity index (χ1) is 16.9. The van der Waals surface area contributed by atoms with Crippen molar-refractivity contribution in [1.29, 1.82) is 5.41 Å². The molecular formula is C28H23N5O2. The van der Waals surface area contributed by atoms with Gasteiger partial charge >= 0.3 is 0 Å². The number of amides is 1. The zero-order chi connectivity index (χ0) is 24.5. The highest BCUT2D eigenvalue weighted by Crippen LogP contribution is 2.26. The van der Waals surface area contributed by atoms with Crippen molar-refractivity contribution >= 4 is 45.0 Å². The van der Waals surface area contributed by atoms with Crippen LogP contribution in [0.1, 0.15) is 31.8 Å². The van der Waals surface area contributed by atoms with E-state index < -0.39 is 0 Å². The molecule has 7 nitrogen and oxygen atoms in total. The lowest BCUT2D eigenvalue weighted by Crippen LogP contribution is -2.12. The van der Waals surface area contributed by atoms with Gasteiger partial charge in [-0.3, -0.25) is 20.0 Å². The van der Waals surface area contributed by atoms with Gasteiger partial charge in [0.1, 0.15) is 5.84 Å².